The van der Waals surface area contributed by atoms with Crippen LogP contribution in [0.5, 0.6) is 5.75 Å². The molecule has 0 aliphatic heterocycles. The topological polar surface area (TPSA) is 66.2 Å². The van der Waals surface area contributed by atoms with Gasteiger partial charge in [0.1, 0.15) is 5.75 Å². The molecule has 1 aromatic heterocycles. The first kappa shape index (κ1) is 18.6. The summed E-state index contributed by atoms with van der Waals surface area (Å²) >= 11 is 7.25. The lowest BCUT2D eigenvalue weighted by molar-refractivity contribution is -0.139. The maximum Gasteiger partial charge on any atom is 0.316 e. The highest BCUT2D eigenvalue weighted by molar-refractivity contribution is 7.99. The lowest BCUT2D eigenvalue weighted by Crippen LogP contribution is -2.11. The molecule has 0 saturated carbocycles. The number of thioether (sulfide) groups is 1. The van der Waals surface area contributed by atoms with Crippen LogP contribution in [0.1, 0.15) is 31.3 Å². The minimum atomic E-state index is -0.292. The lowest BCUT2D eigenvalue weighted by atomic mass is 10.2. The molecule has 1 atom stereocenters. The van der Waals surface area contributed by atoms with Crippen LogP contribution in [-0.2, 0) is 16.6 Å². The van der Waals surface area contributed by atoms with Crippen molar-refractivity contribution in [3.8, 4) is 5.75 Å². The van der Waals surface area contributed by atoms with Crippen molar-refractivity contribution >= 4 is 29.3 Å². The second-order valence-corrected chi connectivity index (χ2v) is 6.54. The Hall–Kier alpha value is -1.73. The molecule has 0 N–H and O–H groups in total. The van der Waals surface area contributed by atoms with Crippen LogP contribution in [0.25, 0.3) is 0 Å². The fraction of sp³-hybridized carbons (Fsp3) is 0.438. The summed E-state index contributed by atoms with van der Waals surface area (Å²) in [5.74, 6) is 1.35. The van der Waals surface area contributed by atoms with Crippen LogP contribution in [0.2, 0.25) is 5.02 Å². The number of benzene rings is 1. The Balaban J connectivity index is 2.05. The quantitative estimate of drug-likeness (QED) is 0.549. The number of nitrogens with zero attached hydrogens (tertiary/aromatic N) is 3. The molecule has 24 heavy (non-hydrogen) atoms. The second kappa shape index (κ2) is 8.39. The van der Waals surface area contributed by atoms with Crippen molar-refractivity contribution in [2.75, 3.05) is 12.4 Å². The molecule has 0 fully saturated rings. The molecule has 0 radical (unpaired) electrons. The molecule has 6 nitrogen and oxygen atoms in total. The van der Waals surface area contributed by atoms with Gasteiger partial charge in [-0.25, -0.2) is 0 Å². The van der Waals surface area contributed by atoms with Crippen molar-refractivity contribution in [3.05, 3.63) is 34.6 Å². The smallest absolute Gasteiger partial charge is 0.316 e. The van der Waals surface area contributed by atoms with E-state index >= 15 is 0 Å². The molecular formula is C16H20ClN3O3S. The maximum atomic E-state index is 11.4. The molecule has 1 aromatic carbocycles. The highest BCUT2D eigenvalue weighted by atomic mass is 35.5. The number of halogens is 1. The highest BCUT2D eigenvalue weighted by Gasteiger charge is 2.18. The number of hydrogen-bond donors (Lipinski definition) is 0. The normalized spacial score (nSPS) is 12.0. The van der Waals surface area contributed by atoms with Crippen molar-refractivity contribution in [1.29, 1.82) is 0 Å². The minimum absolute atomic E-state index is 0.200. The summed E-state index contributed by atoms with van der Waals surface area (Å²) in [7, 11) is 1.84. The number of esters is 1. The summed E-state index contributed by atoms with van der Waals surface area (Å²) in [6.45, 7) is 5.98. The van der Waals surface area contributed by atoms with E-state index in [1.54, 1.807) is 13.0 Å². The third-order valence-corrected chi connectivity index (χ3v) is 4.53. The Morgan fingerprint density at radius 2 is 2.17 bits per heavy atom. The Kier molecular flexibility index (Phi) is 6.51. The molecular weight excluding hydrogens is 350 g/mol. The van der Waals surface area contributed by atoms with Gasteiger partial charge in [-0.2, -0.15) is 0 Å². The van der Waals surface area contributed by atoms with Crippen molar-refractivity contribution in [2.24, 2.45) is 7.05 Å². The molecule has 0 bridgehead atoms. The number of aryl methyl sites for hydroxylation is 1. The van der Waals surface area contributed by atoms with Crippen LogP contribution in [0.3, 0.4) is 0 Å². The largest absolute Gasteiger partial charge is 0.482 e. The molecule has 2 aromatic rings. The molecule has 1 heterocycles. The van der Waals surface area contributed by atoms with Gasteiger partial charge in [-0.05, 0) is 44.5 Å². The molecule has 8 heteroatoms. The first-order chi connectivity index (χ1) is 11.4. The Labute approximate surface area is 150 Å². The molecule has 0 spiro atoms. The summed E-state index contributed by atoms with van der Waals surface area (Å²) in [6.07, 6.45) is -0.292. The van der Waals surface area contributed by atoms with Crippen molar-refractivity contribution in [1.82, 2.24) is 14.8 Å². The third-order valence-electron chi connectivity index (χ3n) is 3.30. The molecule has 2 rings (SSSR count). The summed E-state index contributed by atoms with van der Waals surface area (Å²) in [5.41, 5.74) is 0.952. The average molecular weight is 370 g/mol. The molecule has 0 amide bonds. The van der Waals surface area contributed by atoms with Gasteiger partial charge in [0, 0.05) is 12.1 Å². The Bertz CT molecular complexity index is 721. The van der Waals surface area contributed by atoms with Crippen LogP contribution in [0, 0.1) is 6.92 Å². The van der Waals surface area contributed by atoms with Gasteiger partial charge in [0.25, 0.3) is 0 Å². The van der Waals surface area contributed by atoms with E-state index in [0.717, 1.165) is 11.3 Å². The third kappa shape index (κ3) is 4.64. The van der Waals surface area contributed by atoms with E-state index in [-0.39, 0.29) is 17.8 Å². The average Bonchev–Trinajstić information content (AvgIpc) is 2.89. The summed E-state index contributed by atoms with van der Waals surface area (Å²) < 4.78 is 12.7. The fourth-order valence-corrected chi connectivity index (χ4v) is 3.06. The van der Waals surface area contributed by atoms with E-state index in [9.17, 15) is 4.79 Å². The van der Waals surface area contributed by atoms with Gasteiger partial charge in [0.15, 0.2) is 17.1 Å². The van der Waals surface area contributed by atoms with Crippen molar-refractivity contribution in [2.45, 2.75) is 32.0 Å². The molecule has 1 unspecified atom stereocenters. The van der Waals surface area contributed by atoms with E-state index in [1.165, 1.54) is 11.8 Å². The van der Waals surface area contributed by atoms with Gasteiger partial charge in [0.2, 0.25) is 0 Å². The monoisotopic (exact) mass is 369 g/mol. The standard InChI is InChI=1S/C16H20ClN3O3S/c1-5-22-14(21)9-24-16-19-18-15(20(16)4)11(3)23-13-7-6-12(17)8-10(13)2/h6-8,11H,5,9H2,1-4H3. The maximum absolute atomic E-state index is 11.4. The van der Waals surface area contributed by atoms with Crippen molar-refractivity contribution in [3.63, 3.8) is 0 Å². The summed E-state index contributed by atoms with van der Waals surface area (Å²) in [4.78, 5) is 11.4. The Morgan fingerprint density at radius 1 is 1.42 bits per heavy atom. The van der Waals surface area contributed by atoms with Gasteiger partial charge in [0.05, 0.1) is 12.4 Å². The first-order valence-corrected chi connectivity index (χ1v) is 8.89. The predicted molar refractivity (Wildman–Crippen MR) is 93.6 cm³/mol. The minimum Gasteiger partial charge on any atom is -0.482 e. The number of aromatic nitrogens is 3. The van der Waals surface area contributed by atoms with Gasteiger partial charge >= 0.3 is 5.97 Å². The van der Waals surface area contributed by atoms with Crippen LogP contribution in [-0.4, -0.2) is 33.1 Å². The first-order valence-electron chi connectivity index (χ1n) is 7.52. The molecule has 130 valence electrons. The van der Waals surface area contributed by atoms with Gasteiger partial charge in [-0.15, -0.1) is 10.2 Å². The van der Waals surface area contributed by atoms with Crippen LogP contribution in [0.15, 0.2) is 23.4 Å². The summed E-state index contributed by atoms with van der Waals surface area (Å²) in [6, 6.07) is 5.47. The van der Waals surface area contributed by atoms with Gasteiger partial charge in [-0.3, -0.25) is 4.79 Å². The molecule has 0 saturated heterocycles. The van der Waals surface area contributed by atoms with E-state index in [0.29, 0.717) is 22.6 Å². The van der Waals surface area contributed by atoms with Crippen molar-refractivity contribution < 1.29 is 14.3 Å². The fourth-order valence-electron chi connectivity index (χ4n) is 2.12. The lowest BCUT2D eigenvalue weighted by Gasteiger charge is -2.16. The van der Waals surface area contributed by atoms with Crippen LogP contribution >= 0.6 is 23.4 Å². The highest BCUT2D eigenvalue weighted by Crippen LogP contribution is 2.27. The molecule has 0 aliphatic carbocycles. The molecule has 0 aliphatic rings. The van der Waals surface area contributed by atoms with Crippen LogP contribution in [0.4, 0.5) is 0 Å². The van der Waals surface area contributed by atoms with Gasteiger partial charge < -0.3 is 14.0 Å². The van der Waals surface area contributed by atoms with E-state index in [2.05, 4.69) is 10.2 Å². The Morgan fingerprint density at radius 3 is 2.83 bits per heavy atom. The number of carbonyl (C=O) groups is 1. The van der Waals surface area contributed by atoms with E-state index in [1.807, 2.05) is 37.6 Å². The zero-order valence-electron chi connectivity index (χ0n) is 14.1. The zero-order valence-corrected chi connectivity index (χ0v) is 15.6. The number of ether oxygens (including phenoxy) is 2. The zero-order chi connectivity index (χ0) is 17.7. The van der Waals surface area contributed by atoms with Gasteiger partial charge in [-0.1, -0.05) is 23.4 Å². The predicted octanol–water partition coefficient (Wildman–Crippen LogP) is 3.57. The van der Waals surface area contributed by atoms with E-state index in [4.69, 9.17) is 21.1 Å². The van der Waals surface area contributed by atoms with Crippen LogP contribution < -0.4 is 4.74 Å². The number of rotatable bonds is 7. The second-order valence-electron chi connectivity index (χ2n) is 5.16. The number of hydrogen-bond acceptors (Lipinski definition) is 6. The van der Waals surface area contributed by atoms with E-state index < -0.39 is 0 Å². The summed E-state index contributed by atoms with van der Waals surface area (Å²) in [5, 5.41) is 9.60. The SMILES string of the molecule is CCOC(=O)CSc1nnc(C(C)Oc2ccc(Cl)cc2C)n1C. The number of carbonyl (C=O) groups excluding carboxylic acids is 1.